The predicted molar refractivity (Wildman–Crippen MR) is 107 cm³/mol. The van der Waals surface area contributed by atoms with Crippen molar-refractivity contribution in [2.45, 2.75) is 20.0 Å². The average molecular weight is 432 g/mol. The standard InChI is InChI=1S/C19H24F3N2O4P/c1-4-27-29(25,28-5-2)12-24-18-10-15(13-6-8-14(26-3)9-7-13)16(11-17(18)23)19(20,21)22/h6-11,24H,4-5,12,23H2,1-3H3. The average Bonchev–Trinajstić information content (AvgIpc) is 2.66. The van der Waals surface area contributed by atoms with Gasteiger partial charge >= 0.3 is 13.8 Å². The molecule has 0 aliphatic heterocycles. The maximum atomic E-state index is 13.6. The van der Waals surface area contributed by atoms with Crippen LogP contribution in [-0.2, 0) is 19.8 Å². The quantitative estimate of drug-likeness (QED) is 0.397. The first kappa shape index (κ1) is 23.1. The lowest BCUT2D eigenvalue weighted by Crippen LogP contribution is -2.12. The Balaban J connectivity index is 2.45. The topological polar surface area (TPSA) is 82.8 Å². The van der Waals surface area contributed by atoms with Crippen LogP contribution < -0.4 is 15.8 Å². The van der Waals surface area contributed by atoms with Gasteiger partial charge in [0.05, 0.1) is 37.3 Å². The van der Waals surface area contributed by atoms with Crippen molar-refractivity contribution in [3.8, 4) is 16.9 Å². The monoisotopic (exact) mass is 432 g/mol. The molecule has 0 unspecified atom stereocenters. The molecule has 2 rings (SSSR count). The summed E-state index contributed by atoms with van der Waals surface area (Å²) >= 11 is 0. The van der Waals surface area contributed by atoms with Gasteiger partial charge in [-0.1, -0.05) is 12.1 Å². The van der Waals surface area contributed by atoms with Gasteiger partial charge in [-0.15, -0.1) is 0 Å². The molecule has 0 heterocycles. The Hall–Kier alpha value is -2.22. The minimum absolute atomic E-state index is 0.0699. The van der Waals surface area contributed by atoms with Crippen LogP contribution in [0.3, 0.4) is 0 Å². The zero-order chi connectivity index (χ0) is 21.7. The fraction of sp³-hybridized carbons (Fsp3) is 0.368. The minimum Gasteiger partial charge on any atom is -0.497 e. The molecular weight excluding hydrogens is 408 g/mol. The van der Waals surface area contributed by atoms with E-state index < -0.39 is 19.3 Å². The van der Waals surface area contributed by atoms with E-state index in [0.29, 0.717) is 11.3 Å². The highest BCUT2D eigenvalue weighted by molar-refractivity contribution is 7.53. The molecule has 0 amide bonds. The lowest BCUT2D eigenvalue weighted by atomic mass is 9.97. The van der Waals surface area contributed by atoms with E-state index in [2.05, 4.69) is 5.32 Å². The molecule has 0 bridgehead atoms. The first-order valence-electron chi connectivity index (χ1n) is 8.90. The molecule has 0 aliphatic rings. The molecule has 0 fully saturated rings. The van der Waals surface area contributed by atoms with E-state index in [1.165, 1.54) is 25.3 Å². The molecule has 0 saturated carbocycles. The van der Waals surface area contributed by atoms with Crippen molar-refractivity contribution in [2.24, 2.45) is 0 Å². The first-order valence-corrected chi connectivity index (χ1v) is 10.6. The highest BCUT2D eigenvalue weighted by Gasteiger charge is 2.35. The highest BCUT2D eigenvalue weighted by Crippen LogP contribution is 2.48. The summed E-state index contributed by atoms with van der Waals surface area (Å²) in [5.74, 6) is 0.519. The van der Waals surface area contributed by atoms with Gasteiger partial charge in [0.1, 0.15) is 12.0 Å². The Morgan fingerprint density at radius 3 is 2.14 bits per heavy atom. The zero-order valence-electron chi connectivity index (χ0n) is 16.4. The second-order valence-electron chi connectivity index (χ2n) is 5.99. The van der Waals surface area contributed by atoms with Gasteiger partial charge in [-0.05, 0) is 49.2 Å². The van der Waals surface area contributed by atoms with Gasteiger partial charge in [-0.2, -0.15) is 13.2 Å². The van der Waals surface area contributed by atoms with Gasteiger partial charge in [0.15, 0.2) is 0 Å². The Kier molecular flexibility index (Phi) is 7.57. The molecule has 3 N–H and O–H groups in total. The molecule has 0 saturated heterocycles. The maximum Gasteiger partial charge on any atom is 0.417 e. The molecule has 0 aromatic heterocycles. The van der Waals surface area contributed by atoms with Crippen molar-refractivity contribution >= 4 is 19.0 Å². The van der Waals surface area contributed by atoms with Crippen molar-refractivity contribution in [3.63, 3.8) is 0 Å². The molecule has 0 atom stereocenters. The summed E-state index contributed by atoms with van der Waals surface area (Å²) in [4.78, 5) is 0. The molecule has 160 valence electrons. The molecule has 2 aromatic rings. The fourth-order valence-corrected chi connectivity index (χ4v) is 4.13. The molecular formula is C19H24F3N2O4P. The number of hydrogen-bond acceptors (Lipinski definition) is 6. The number of methoxy groups -OCH3 is 1. The number of nitrogens with two attached hydrogens (primary N) is 1. The highest BCUT2D eigenvalue weighted by atomic mass is 31.2. The second kappa shape index (κ2) is 9.52. The van der Waals surface area contributed by atoms with Crippen LogP contribution in [0.1, 0.15) is 19.4 Å². The normalized spacial score (nSPS) is 12.1. The Bertz CT molecular complexity index is 863. The number of ether oxygens (including phenoxy) is 1. The van der Waals surface area contributed by atoms with Gasteiger partial charge in [-0.3, -0.25) is 4.57 Å². The van der Waals surface area contributed by atoms with Crippen molar-refractivity contribution in [1.82, 2.24) is 0 Å². The van der Waals surface area contributed by atoms with E-state index in [9.17, 15) is 17.7 Å². The third-order valence-corrected chi connectivity index (χ3v) is 5.86. The SMILES string of the molecule is CCOP(=O)(CNc1cc(-c2ccc(OC)cc2)c(C(F)(F)F)cc1N)OCC. The van der Waals surface area contributed by atoms with Crippen molar-refractivity contribution in [1.29, 1.82) is 0 Å². The smallest absolute Gasteiger partial charge is 0.417 e. The lowest BCUT2D eigenvalue weighted by molar-refractivity contribution is -0.137. The summed E-state index contributed by atoms with van der Waals surface area (Å²) in [6.07, 6.45) is -4.83. The number of benzene rings is 2. The third-order valence-electron chi connectivity index (χ3n) is 4.01. The first-order chi connectivity index (χ1) is 13.6. The molecule has 10 heteroatoms. The fourth-order valence-electron chi connectivity index (χ4n) is 2.72. The van der Waals surface area contributed by atoms with Crippen LogP contribution in [0.4, 0.5) is 24.5 Å². The third kappa shape index (κ3) is 5.88. The number of rotatable bonds is 9. The van der Waals surface area contributed by atoms with Crippen LogP contribution in [-0.4, -0.2) is 26.6 Å². The van der Waals surface area contributed by atoms with E-state index in [1.807, 2.05) is 0 Å². The second-order valence-corrected chi connectivity index (χ2v) is 8.05. The van der Waals surface area contributed by atoms with Crippen molar-refractivity contribution in [3.05, 3.63) is 42.0 Å². The number of halogens is 3. The molecule has 29 heavy (non-hydrogen) atoms. The Labute approximate surface area is 167 Å². The Morgan fingerprint density at radius 1 is 1.07 bits per heavy atom. The summed E-state index contributed by atoms with van der Waals surface area (Å²) < 4.78 is 68.8. The number of alkyl halides is 3. The van der Waals surface area contributed by atoms with Gasteiger partial charge < -0.3 is 24.8 Å². The van der Waals surface area contributed by atoms with Gasteiger partial charge in [0.2, 0.25) is 0 Å². The molecule has 0 spiro atoms. The van der Waals surface area contributed by atoms with E-state index in [0.717, 1.165) is 6.07 Å². The maximum absolute atomic E-state index is 13.6. The summed E-state index contributed by atoms with van der Waals surface area (Å²) in [5, 5.41) is 2.80. The van der Waals surface area contributed by atoms with Crippen LogP contribution in [0.15, 0.2) is 36.4 Å². The summed E-state index contributed by atoms with van der Waals surface area (Å²) in [7, 11) is -1.98. The van der Waals surface area contributed by atoms with Crippen LogP contribution >= 0.6 is 7.60 Å². The predicted octanol–water partition coefficient (Wildman–Crippen LogP) is 5.60. The zero-order valence-corrected chi connectivity index (χ0v) is 17.3. The summed E-state index contributed by atoms with van der Waals surface area (Å²) in [6.45, 7) is 3.66. The van der Waals surface area contributed by atoms with Crippen LogP contribution in [0.2, 0.25) is 0 Å². The van der Waals surface area contributed by atoms with E-state index in [4.69, 9.17) is 19.5 Å². The number of hydrogen-bond donors (Lipinski definition) is 2. The Morgan fingerprint density at radius 2 is 1.66 bits per heavy atom. The molecule has 0 aliphatic carbocycles. The molecule has 6 nitrogen and oxygen atoms in total. The molecule has 0 radical (unpaired) electrons. The van der Waals surface area contributed by atoms with Gasteiger partial charge in [0.25, 0.3) is 0 Å². The lowest BCUT2D eigenvalue weighted by Gasteiger charge is -2.21. The largest absolute Gasteiger partial charge is 0.497 e. The van der Waals surface area contributed by atoms with Gasteiger partial charge in [0, 0.05) is 0 Å². The van der Waals surface area contributed by atoms with E-state index in [1.54, 1.807) is 26.0 Å². The van der Waals surface area contributed by atoms with E-state index >= 15 is 0 Å². The summed E-state index contributed by atoms with van der Waals surface area (Å²) in [5.41, 5.74) is 5.29. The number of nitrogens with one attached hydrogen (secondary N) is 1. The summed E-state index contributed by atoms with van der Waals surface area (Å²) in [6, 6.07) is 8.31. The molecule has 2 aromatic carbocycles. The van der Waals surface area contributed by atoms with Crippen LogP contribution in [0, 0.1) is 0 Å². The number of nitrogen functional groups attached to an aromatic ring is 1. The van der Waals surface area contributed by atoms with E-state index in [-0.39, 0.29) is 36.4 Å². The van der Waals surface area contributed by atoms with Gasteiger partial charge in [-0.25, -0.2) is 0 Å². The minimum atomic E-state index is -4.60. The van der Waals surface area contributed by atoms with Crippen LogP contribution in [0.5, 0.6) is 5.75 Å². The van der Waals surface area contributed by atoms with Crippen molar-refractivity contribution in [2.75, 3.05) is 37.7 Å². The van der Waals surface area contributed by atoms with Crippen LogP contribution in [0.25, 0.3) is 11.1 Å². The number of anilines is 2. The van der Waals surface area contributed by atoms with Crippen molar-refractivity contribution < 1.29 is 31.5 Å².